The number of anilines is 2. The zero-order valence-electron chi connectivity index (χ0n) is 29.5. The molecule has 0 heterocycles. The van der Waals surface area contributed by atoms with Gasteiger partial charge in [0, 0.05) is 16.9 Å². The highest BCUT2D eigenvalue weighted by Crippen LogP contribution is 2.64. The first-order valence-corrected chi connectivity index (χ1v) is 18.5. The third-order valence-corrected chi connectivity index (χ3v) is 11.7. The van der Waals surface area contributed by atoms with Crippen LogP contribution in [0.3, 0.4) is 0 Å². The Balaban J connectivity index is 1.22. The van der Waals surface area contributed by atoms with Crippen LogP contribution in [-0.2, 0) is 5.41 Å². The van der Waals surface area contributed by atoms with Gasteiger partial charge in [-0.15, -0.1) is 0 Å². The second kappa shape index (κ2) is 12.0. The first-order chi connectivity index (χ1) is 25.6. The number of benzene rings is 7. The summed E-state index contributed by atoms with van der Waals surface area (Å²) in [7, 11) is 0. The highest BCUT2D eigenvalue weighted by molar-refractivity contribution is 6.00. The van der Waals surface area contributed by atoms with E-state index in [1.165, 1.54) is 83.7 Å². The highest BCUT2D eigenvalue weighted by Gasteiger charge is 2.52. The maximum absolute atomic E-state index is 2.64. The molecule has 0 saturated carbocycles. The van der Waals surface area contributed by atoms with Crippen LogP contribution < -0.4 is 4.90 Å². The van der Waals surface area contributed by atoms with Crippen molar-refractivity contribution >= 4 is 16.9 Å². The minimum Gasteiger partial charge on any atom is -0.333 e. The molecule has 2 atom stereocenters. The number of fused-ring (bicyclic) bond motifs is 10. The van der Waals surface area contributed by atoms with Crippen molar-refractivity contribution in [1.29, 1.82) is 0 Å². The molecule has 0 radical (unpaired) electrons. The van der Waals surface area contributed by atoms with E-state index in [4.69, 9.17) is 0 Å². The molecule has 1 heteroatoms. The molecule has 10 rings (SSSR count). The molecule has 0 amide bonds. The summed E-state index contributed by atoms with van der Waals surface area (Å²) < 4.78 is 0. The van der Waals surface area contributed by atoms with Crippen LogP contribution >= 0.6 is 0 Å². The van der Waals surface area contributed by atoms with Gasteiger partial charge in [-0.25, -0.2) is 0 Å². The number of hydrogen-bond acceptors (Lipinski definition) is 1. The molecule has 0 saturated heterocycles. The molecule has 0 N–H and O–H groups in total. The second-order valence-electron chi connectivity index (χ2n) is 14.5. The lowest BCUT2D eigenvalue weighted by molar-refractivity contribution is 0.585. The van der Waals surface area contributed by atoms with Gasteiger partial charge < -0.3 is 4.90 Å². The summed E-state index contributed by atoms with van der Waals surface area (Å²) >= 11 is 0. The van der Waals surface area contributed by atoms with Gasteiger partial charge in [-0.3, -0.25) is 0 Å². The van der Waals surface area contributed by atoms with Crippen molar-refractivity contribution in [3.8, 4) is 33.4 Å². The van der Waals surface area contributed by atoms with Gasteiger partial charge in [0.05, 0.1) is 11.5 Å². The fourth-order valence-corrected chi connectivity index (χ4v) is 9.64. The summed E-state index contributed by atoms with van der Waals surface area (Å²) in [5.41, 5.74) is 19.2. The lowest BCUT2D eigenvalue weighted by atomic mass is 9.70. The van der Waals surface area contributed by atoms with Gasteiger partial charge in [-0.2, -0.15) is 0 Å². The van der Waals surface area contributed by atoms with Crippen molar-refractivity contribution in [2.45, 2.75) is 25.3 Å². The number of hydrogen-bond donors (Lipinski definition) is 0. The monoisotopic (exact) mass is 665 g/mol. The van der Waals surface area contributed by atoms with E-state index in [0.717, 1.165) is 0 Å². The van der Waals surface area contributed by atoms with Gasteiger partial charge >= 0.3 is 0 Å². The maximum Gasteiger partial charge on any atom is 0.0726 e. The molecule has 0 aromatic heterocycles. The standard InChI is InChI=1S/C51H39N/c1-34-32-39(37-18-7-4-8-19-37)33-35(2)50(34)52(40-30-28-38(29-31-40)36-16-5-3-6-17-36)48-27-15-26-47-49(48)43-22-11-14-25-46(43)51(47)44-23-12-9-20-41(44)42-21-10-13-24-45(42)51/h3-34,50H,1-2H3. The average molecular weight is 666 g/mol. The van der Waals surface area contributed by atoms with Crippen LogP contribution in [0.4, 0.5) is 11.4 Å². The van der Waals surface area contributed by atoms with Crippen molar-refractivity contribution in [1.82, 2.24) is 0 Å². The lowest BCUT2D eigenvalue weighted by Gasteiger charge is -2.41. The van der Waals surface area contributed by atoms with E-state index >= 15 is 0 Å². The molecule has 0 fully saturated rings. The van der Waals surface area contributed by atoms with Crippen LogP contribution in [0.15, 0.2) is 194 Å². The second-order valence-corrected chi connectivity index (χ2v) is 14.5. The highest BCUT2D eigenvalue weighted by atomic mass is 15.2. The van der Waals surface area contributed by atoms with Gasteiger partial charge in [0.15, 0.2) is 0 Å². The molecular weight excluding hydrogens is 627 g/mol. The first-order valence-electron chi connectivity index (χ1n) is 18.5. The molecule has 0 aliphatic heterocycles. The summed E-state index contributed by atoms with van der Waals surface area (Å²) in [4.78, 5) is 2.64. The predicted molar refractivity (Wildman–Crippen MR) is 218 cm³/mol. The number of allylic oxidation sites excluding steroid dienone is 2. The smallest absolute Gasteiger partial charge is 0.0726 e. The van der Waals surface area contributed by atoms with Crippen molar-refractivity contribution in [3.05, 3.63) is 221 Å². The molecule has 248 valence electrons. The van der Waals surface area contributed by atoms with E-state index in [1.54, 1.807) is 0 Å². The minimum absolute atomic E-state index is 0.119. The summed E-state index contributed by atoms with van der Waals surface area (Å²) in [6.07, 6.45) is 4.88. The van der Waals surface area contributed by atoms with Crippen LogP contribution in [0.5, 0.6) is 0 Å². The van der Waals surface area contributed by atoms with Gasteiger partial charge in [0.2, 0.25) is 0 Å². The molecule has 2 unspecified atom stereocenters. The van der Waals surface area contributed by atoms with E-state index in [2.05, 4.69) is 207 Å². The predicted octanol–water partition coefficient (Wildman–Crippen LogP) is 12.9. The molecule has 3 aliphatic carbocycles. The summed E-state index contributed by atoms with van der Waals surface area (Å²) in [6, 6.07) is 65.2. The van der Waals surface area contributed by atoms with Gasteiger partial charge in [-0.05, 0) is 97.8 Å². The SMILES string of the molecule is CC1=CC(c2ccccc2)=CC(C)C1N(c1ccc(-c2ccccc2)cc1)c1cccc2c1-c1ccccc1C21c2ccccc2-c2ccccc21. The molecule has 3 aliphatic rings. The van der Waals surface area contributed by atoms with Gasteiger partial charge in [0.1, 0.15) is 0 Å². The Morgan fingerprint density at radius 3 is 1.58 bits per heavy atom. The summed E-state index contributed by atoms with van der Waals surface area (Å²) in [5.74, 6) is 0.253. The fraction of sp³-hybridized carbons (Fsp3) is 0.0980. The topological polar surface area (TPSA) is 3.24 Å². The molecule has 52 heavy (non-hydrogen) atoms. The maximum atomic E-state index is 2.64. The van der Waals surface area contributed by atoms with E-state index in [0.29, 0.717) is 0 Å². The molecule has 0 bridgehead atoms. The lowest BCUT2D eigenvalue weighted by Crippen LogP contribution is -2.38. The molecule has 1 spiro atoms. The normalized spacial score (nSPS) is 17.4. The summed E-state index contributed by atoms with van der Waals surface area (Å²) in [5, 5.41) is 0. The first kappa shape index (κ1) is 30.6. The van der Waals surface area contributed by atoms with Crippen LogP contribution in [0.25, 0.3) is 39.0 Å². The number of rotatable bonds is 5. The zero-order chi connectivity index (χ0) is 34.8. The largest absolute Gasteiger partial charge is 0.333 e. The van der Waals surface area contributed by atoms with E-state index in [-0.39, 0.29) is 17.4 Å². The van der Waals surface area contributed by atoms with E-state index in [9.17, 15) is 0 Å². The van der Waals surface area contributed by atoms with Crippen molar-refractivity contribution in [2.24, 2.45) is 5.92 Å². The van der Waals surface area contributed by atoms with Crippen LogP contribution in [0.2, 0.25) is 0 Å². The van der Waals surface area contributed by atoms with Crippen LogP contribution in [0, 0.1) is 5.92 Å². The zero-order valence-corrected chi connectivity index (χ0v) is 29.5. The molecule has 7 aromatic rings. The Kier molecular flexibility index (Phi) is 7.05. The Morgan fingerprint density at radius 2 is 0.962 bits per heavy atom. The fourth-order valence-electron chi connectivity index (χ4n) is 9.64. The Labute approximate surface area is 306 Å². The van der Waals surface area contributed by atoms with Crippen molar-refractivity contribution < 1.29 is 0 Å². The quantitative estimate of drug-likeness (QED) is 0.177. The van der Waals surface area contributed by atoms with E-state index < -0.39 is 0 Å². The van der Waals surface area contributed by atoms with Crippen LogP contribution in [0.1, 0.15) is 41.7 Å². The van der Waals surface area contributed by atoms with Crippen molar-refractivity contribution in [2.75, 3.05) is 4.90 Å². The average Bonchev–Trinajstić information content (AvgIpc) is 3.68. The summed E-state index contributed by atoms with van der Waals surface area (Å²) in [6.45, 7) is 4.71. The van der Waals surface area contributed by atoms with Gasteiger partial charge in [0.25, 0.3) is 0 Å². The molecule has 1 nitrogen and oxygen atoms in total. The molecule has 7 aromatic carbocycles. The van der Waals surface area contributed by atoms with Crippen molar-refractivity contribution in [3.63, 3.8) is 0 Å². The third-order valence-electron chi connectivity index (χ3n) is 11.7. The minimum atomic E-state index is -0.387. The van der Waals surface area contributed by atoms with E-state index in [1.807, 2.05) is 0 Å². The Bertz CT molecular complexity index is 2490. The van der Waals surface area contributed by atoms with Gasteiger partial charge in [-0.1, -0.05) is 177 Å². The Morgan fingerprint density at radius 1 is 0.462 bits per heavy atom. The molecular formula is C51H39N. The third kappa shape index (κ3) is 4.42. The van der Waals surface area contributed by atoms with Crippen LogP contribution in [-0.4, -0.2) is 6.04 Å². The Hall–Kier alpha value is -6.18. The number of nitrogens with zero attached hydrogens (tertiary/aromatic N) is 1.